The number of halogens is 1. The maximum atomic E-state index is 14.3. The molecule has 0 amide bonds. The maximum absolute atomic E-state index is 14.3. The molecule has 3 aromatic rings. The fourth-order valence-electron chi connectivity index (χ4n) is 4.43. The summed E-state index contributed by atoms with van der Waals surface area (Å²) >= 11 is 3.47. The molecule has 2 atom stereocenters. The first-order valence-corrected chi connectivity index (χ1v) is 11.8. The van der Waals surface area contributed by atoms with E-state index in [4.69, 9.17) is 14.2 Å². The first-order valence-electron chi connectivity index (χ1n) is 11.0. The molecule has 6 heteroatoms. The lowest BCUT2D eigenvalue weighted by atomic mass is 9.72. The van der Waals surface area contributed by atoms with Crippen molar-refractivity contribution in [1.82, 2.24) is 0 Å². The number of Topliss-reactive ketones (excluding diaryl/α,β-unsaturated/α-hetero) is 1. The summed E-state index contributed by atoms with van der Waals surface area (Å²) < 4.78 is 19.0. The number of benzene rings is 3. The van der Waals surface area contributed by atoms with Crippen LogP contribution in [0.1, 0.15) is 47.7 Å². The molecule has 0 bridgehead atoms. The van der Waals surface area contributed by atoms with E-state index in [1.165, 1.54) is 0 Å². The normalized spacial score (nSPS) is 17.7. The number of ketones is 1. The number of carbonyl (C=O) groups excluding carboxylic acids is 2. The lowest BCUT2D eigenvalue weighted by Crippen LogP contribution is -2.43. The van der Waals surface area contributed by atoms with Crippen LogP contribution in [0.4, 0.5) is 0 Å². The molecule has 0 aliphatic carbocycles. The molecule has 1 heterocycles. The molecule has 5 nitrogen and oxygen atoms in total. The quantitative estimate of drug-likeness (QED) is 0.327. The van der Waals surface area contributed by atoms with E-state index in [9.17, 15) is 9.59 Å². The van der Waals surface area contributed by atoms with Crippen LogP contribution in [-0.4, -0.2) is 25.3 Å². The van der Waals surface area contributed by atoms with E-state index in [1.807, 2.05) is 68.4 Å². The minimum Gasteiger partial charge on any atom is -0.494 e. The van der Waals surface area contributed by atoms with Gasteiger partial charge in [0.1, 0.15) is 29.1 Å². The molecule has 1 unspecified atom stereocenters. The van der Waals surface area contributed by atoms with Gasteiger partial charge in [0.15, 0.2) is 0 Å². The van der Waals surface area contributed by atoms with Crippen molar-refractivity contribution in [3.63, 3.8) is 0 Å². The fraction of sp³-hybridized carbons (Fsp3) is 0.259. The van der Waals surface area contributed by atoms with Crippen molar-refractivity contribution in [2.75, 3.05) is 13.2 Å². The van der Waals surface area contributed by atoms with Crippen molar-refractivity contribution < 1.29 is 23.8 Å². The Bertz CT molecular complexity index is 1140. The Labute approximate surface area is 201 Å². The van der Waals surface area contributed by atoms with Crippen molar-refractivity contribution in [1.29, 1.82) is 0 Å². The molecule has 0 fully saturated rings. The highest BCUT2D eigenvalue weighted by atomic mass is 79.9. The van der Waals surface area contributed by atoms with Crippen LogP contribution < -0.4 is 14.2 Å². The summed E-state index contributed by atoms with van der Waals surface area (Å²) in [6, 6.07) is 20.4. The Morgan fingerprint density at radius 2 is 1.70 bits per heavy atom. The second-order valence-electron chi connectivity index (χ2n) is 7.70. The topological polar surface area (TPSA) is 61.8 Å². The number of fused-ring (bicyclic) bond motifs is 1. The van der Waals surface area contributed by atoms with E-state index in [1.54, 1.807) is 12.1 Å². The van der Waals surface area contributed by atoms with Crippen molar-refractivity contribution in [2.45, 2.75) is 31.8 Å². The van der Waals surface area contributed by atoms with Gasteiger partial charge in [-0.25, -0.2) is 0 Å². The van der Waals surface area contributed by atoms with E-state index in [0.29, 0.717) is 41.6 Å². The van der Waals surface area contributed by atoms with Crippen LogP contribution in [-0.2, 0) is 10.4 Å². The van der Waals surface area contributed by atoms with E-state index < -0.39 is 11.5 Å². The molecule has 33 heavy (non-hydrogen) atoms. The van der Waals surface area contributed by atoms with Crippen LogP contribution in [0.5, 0.6) is 17.2 Å². The third kappa shape index (κ3) is 4.15. The molecular formula is C27H25BrO5. The SMILES string of the molecule is CCOc1cc(OCC)c2c(c1)O[C@](c1ccc(Br)cc1)(C(CC=O)c1ccccc1)C2=O. The third-order valence-corrected chi connectivity index (χ3v) is 6.31. The molecule has 170 valence electrons. The molecule has 3 aromatic carbocycles. The Hall–Kier alpha value is -3.12. The molecule has 0 N–H and O–H groups in total. The summed E-state index contributed by atoms with van der Waals surface area (Å²) in [4.78, 5) is 26.1. The fourth-order valence-corrected chi connectivity index (χ4v) is 4.70. The molecule has 1 aliphatic rings. The number of ether oxygens (including phenoxy) is 3. The second kappa shape index (κ2) is 9.79. The van der Waals surface area contributed by atoms with Crippen LogP contribution in [0, 0.1) is 0 Å². The van der Waals surface area contributed by atoms with Crippen LogP contribution in [0.15, 0.2) is 71.2 Å². The highest BCUT2D eigenvalue weighted by Crippen LogP contribution is 2.54. The molecular weight excluding hydrogens is 484 g/mol. The van der Waals surface area contributed by atoms with Gasteiger partial charge in [-0.1, -0.05) is 58.4 Å². The first kappa shape index (κ1) is 23.1. The van der Waals surface area contributed by atoms with Crippen molar-refractivity contribution in [3.8, 4) is 17.2 Å². The summed E-state index contributed by atoms with van der Waals surface area (Å²) in [5.74, 6) is 0.597. The highest BCUT2D eigenvalue weighted by Gasteiger charge is 2.56. The standard InChI is InChI=1S/C27H25BrO5/c1-3-31-21-16-23(32-4-2)25-24(17-21)33-27(26(25)30,19-10-12-20(28)13-11-19)22(14-15-29)18-8-6-5-7-9-18/h5-13,15-17,22H,3-4,14H2,1-2H3/t22?,27-/m1/s1. The lowest BCUT2D eigenvalue weighted by molar-refractivity contribution is -0.109. The second-order valence-corrected chi connectivity index (χ2v) is 8.62. The van der Waals surface area contributed by atoms with E-state index >= 15 is 0 Å². The van der Waals surface area contributed by atoms with Gasteiger partial charge in [-0.3, -0.25) is 4.79 Å². The lowest BCUT2D eigenvalue weighted by Gasteiger charge is -2.35. The zero-order valence-electron chi connectivity index (χ0n) is 18.5. The molecule has 4 rings (SSSR count). The summed E-state index contributed by atoms with van der Waals surface area (Å²) in [6.07, 6.45) is 0.953. The number of hydrogen-bond donors (Lipinski definition) is 0. The summed E-state index contributed by atoms with van der Waals surface area (Å²) in [5.41, 5.74) is 0.455. The van der Waals surface area contributed by atoms with Gasteiger partial charge in [-0.05, 0) is 31.5 Å². The number of aldehydes is 1. The predicted molar refractivity (Wildman–Crippen MR) is 129 cm³/mol. The van der Waals surface area contributed by atoms with Gasteiger partial charge in [0, 0.05) is 34.5 Å². The van der Waals surface area contributed by atoms with Crippen molar-refractivity contribution in [2.24, 2.45) is 0 Å². The van der Waals surface area contributed by atoms with Crippen molar-refractivity contribution in [3.05, 3.63) is 87.9 Å². The molecule has 0 saturated carbocycles. The monoisotopic (exact) mass is 508 g/mol. The average Bonchev–Trinajstić information content (AvgIpc) is 3.12. The average molecular weight is 509 g/mol. The Morgan fingerprint density at radius 3 is 2.33 bits per heavy atom. The van der Waals surface area contributed by atoms with Crippen LogP contribution in [0.2, 0.25) is 0 Å². The summed E-state index contributed by atoms with van der Waals surface area (Å²) in [5, 5.41) is 0. The molecule has 0 spiro atoms. The van der Waals surface area contributed by atoms with E-state index in [2.05, 4.69) is 15.9 Å². The highest BCUT2D eigenvalue weighted by molar-refractivity contribution is 9.10. The van der Waals surface area contributed by atoms with Gasteiger partial charge in [0.25, 0.3) is 0 Å². The minimum atomic E-state index is -1.43. The van der Waals surface area contributed by atoms with Gasteiger partial charge in [0.2, 0.25) is 11.4 Å². The van der Waals surface area contributed by atoms with E-state index in [-0.39, 0.29) is 12.2 Å². The number of rotatable bonds is 9. The first-order chi connectivity index (χ1) is 16.0. The van der Waals surface area contributed by atoms with Crippen molar-refractivity contribution >= 4 is 28.0 Å². The van der Waals surface area contributed by atoms with E-state index in [0.717, 1.165) is 16.3 Å². The number of carbonyl (C=O) groups is 2. The summed E-state index contributed by atoms with van der Waals surface area (Å²) in [7, 11) is 0. The largest absolute Gasteiger partial charge is 0.494 e. The third-order valence-electron chi connectivity index (χ3n) is 5.78. The zero-order chi connectivity index (χ0) is 23.4. The Morgan fingerprint density at radius 1 is 1.00 bits per heavy atom. The van der Waals surface area contributed by atoms with Gasteiger partial charge >= 0.3 is 0 Å². The smallest absolute Gasteiger partial charge is 0.219 e. The van der Waals surface area contributed by atoms with Gasteiger partial charge in [-0.2, -0.15) is 0 Å². The molecule has 0 radical (unpaired) electrons. The van der Waals surface area contributed by atoms with Gasteiger partial charge in [0.05, 0.1) is 13.2 Å². The Balaban J connectivity index is 1.97. The van der Waals surface area contributed by atoms with Crippen LogP contribution in [0.25, 0.3) is 0 Å². The zero-order valence-corrected chi connectivity index (χ0v) is 20.1. The van der Waals surface area contributed by atoms with Crippen LogP contribution >= 0.6 is 15.9 Å². The van der Waals surface area contributed by atoms with Gasteiger partial charge < -0.3 is 19.0 Å². The van der Waals surface area contributed by atoms with Gasteiger partial charge in [-0.15, -0.1) is 0 Å². The molecule has 0 saturated heterocycles. The minimum absolute atomic E-state index is 0.113. The Kier molecular flexibility index (Phi) is 6.84. The number of hydrogen-bond acceptors (Lipinski definition) is 5. The molecule has 1 aliphatic heterocycles. The summed E-state index contributed by atoms with van der Waals surface area (Å²) in [6.45, 7) is 4.60. The molecule has 0 aromatic heterocycles. The van der Waals surface area contributed by atoms with Crippen LogP contribution in [0.3, 0.4) is 0 Å². The maximum Gasteiger partial charge on any atom is 0.219 e. The predicted octanol–water partition coefficient (Wildman–Crippen LogP) is 6.09.